The molecule has 1 aliphatic rings. The Balaban J connectivity index is 0.000000771. The zero-order chi connectivity index (χ0) is 13.5. The standard InChI is InChI=1S/C11H14N4O.C2H6/c1-7(12)2-5-9-13-6-10(14-9)15-11(16)8-3-4-8;1-2/h2,5-6,8,12H,3-4H2,1H3,(H,13,14)(H,15,16);1-2H3/b5-2-,12-7?;. The summed E-state index contributed by atoms with van der Waals surface area (Å²) in [6.07, 6.45) is 6.90. The Morgan fingerprint density at radius 2 is 2.22 bits per heavy atom. The molecule has 0 spiro atoms. The van der Waals surface area contributed by atoms with Gasteiger partial charge in [-0.1, -0.05) is 13.8 Å². The maximum absolute atomic E-state index is 11.4. The van der Waals surface area contributed by atoms with Crippen molar-refractivity contribution in [2.75, 3.05) is 5.32 Å². The number of nitrogens with zero attached hydrogens (tertiary/aromatic N) is 1. The zero-order valence-electron chi connectivity index (χ0n) is 11.1. The third-order valence-electron chi connectivity index (χ3n) is 2.29. The molecule has 1 aromatic rings. The van der Waals surface area contributed by atoms with E-state index in [1.807, 2.05) is 13.8 Å². The first-order valence-corrected chi connectivity index (χ1v) is 6.24. The predicted octanol–water partition coefficient (Wildman–Crippen LogP) is 2.84. The van der Waals surface area contributed by atoms with E-state index in [-0.39, 0.29) is 11.8 Å². The van der Waals surface area contributed by atoms with Crippen molar-refractivity contribution in [3.63, 3.8) is 0 Å². The summed E-state index contributed by atoms with van der Waals surface area (Å²) in [7, 11) is 0. The normalized spacial score (nSPS) is 13.9. The van der Waals surface area contributed by atoms with Gasteiger partial charge in [0.25, 0.3) is 0 Å². The number of amides is 1. The number of allylic oxidation sites excluding steroid dienone is 1. The topological polar surface area (TPSA) is 81.6 Å². The highest BCUT2D eigenvalue weighted by atomic mass is 16.2. The Labute approximate surface area is 107 Å². The van der Waals surface area contributed by atoms with Gasteiger partial charge < -0.3 is 15.7 Å². The second-order valence-corrected chi connectivity index (χ2v) is 3.96. The van der Waals surface area contributed by atoms with Gasteiger partial charge in [0.2, 0.25) is 5.91 Å². The van der Waals surface area contributed by atoms with E-state index in [4.69, 9.17) is 5.41 Å². The lowest BCUT2D eigenvalue weighted by molar-refractivity contribution is -0.117. The number of aromatic amines is 1. The maximum Gasteiger partial charge on any atom is 0.228 e. The molecule has 18 heavy (non-hydrogen) atoms. The highest BCUT2D eigenvalue weighted by Gasteiger charge is 2.29. The highest BCUT2D eigenvalue weighted by Crippen LogP contribution is 2.29. The van der Waals surface area contributed by atoms with Crippen LogP contribution in [0, 0.1) is 11.3 Å². The van der Waals surface area contributed by atoms with Gasteiger partial charge in [-0.05, 0) is 31.9 Å². The van der Waals surface area contributed by atoms with Crippen LogP contribution in [-0.4, -0.2) is 21.6 Å². The third-order valence-corrected chi connectivity index (χ3v) is 2.29. The predicted molar refractivity (Wildman–Crippen MR) is 73.7 cm³/mol. The molecule has 98 valence electrons. The molecule has 0 aliphatic heterocycles. The average molecular weight is 248 g/mol. The van der Waals surface area contributed by atoms with Crippen LogP contribution in [-0.2, 0) is 4.79 Å². The summed E-state index contributed by atoms with van der Waals surface area (Å²) in [5.74, 6) is 1.49. The Kier molecular flexibility index (Phi) is 5.30. The summed E-state index contributed by atoms with van der Waals surface area (Å²) in [4.78, 5) is 18.5. The molecule has 1 fully saturated rings. The van der Waals surface area contributed by atoms with Gasteiger partial charge in [-0.25, -0.2) is 4.98 Å². The molecule has 0 unspecified atom stereocenters. The second-order valence-electron chi connectivity index (χ2n) is 3.96. The van der Waals surface area contributed by atoms with Crippen molar-refractivity contribution in [3.8, 4) is 0 Å². The van der Waals surface area contributed by atoms with E-state index in [0.29, 0.717) is 17.4 Å². The molecule has 1 aromatic heterocycles. The lowest BCUT2D eigenvalue weighted by Gasteiger charge is -1.98. The summed E-state index contributed by atoms with van der Waals surface area (Å²) in [6, 6.07) is 0. The van der Waals surface area contributed by atoms with Crippen molar-refractivity contribution in [2.24, 2.45) is 5.92 Å². The molecular formula is C13H20N4O. The molecule has 0 saturated heterocycles. The van der Waals surface area contributed by atoms with E-state index in [2.05, 4.69) is 15.3 Å². The molecule has 0 atom stereocenters. The zero-order valence-corrected chi connectivity index (χ0v) is 11.1. The van der Waals surface area contributed by atoms with Crippen LogP contribution in [0.15, 0.2) is 12.3 Å². The van der Waals surface area contributed by atoms with Crippen LogP contribution >= 0.6 is 0 Å². The minimum absolute atomic E-state index is 0.0578. The molecular weight excluding hydrogens is 228 g/mol. The van der Waals surface area contributed by atoms with Gasteiger partial charge in [-0.2, -0.15) is 0 Å². The summed E-state index contributed by atoms with van der Waals surface area (Å²) < 4.78 is 0. The van der Waals surface area contributed by atoms with Crippen molar-refractivity contribution in [2.45, 2.75) is 33.6 Å². The van der Waals surface area contributed by atoms with Gasteiger partial charge in [0.05, 0.1) is 6.20 Å². The lowest BCUT2D eigenvalue weighted by Crippen LogP contribution is -2.13. The average Bonchev–Trinajstić information content (AvgIpc) is 3.12. The minimum Gasteiger partial charge on any atom is -0.325 e. The highest BCUT2D eigenvalue weighted by molar-refractivity contribution is 5.94. The molecule has 1 aliphatic carbocycles. The fraction of sp³-hybridized carbons (Fsp3) is 0.462. The van der Waals surface area contributed by atoms with E-state index >= 15 is 0 Å². The Bertz CT molecular complexity index is 444. The number of H-pyrrole nitrogens is 1. The summed E-state index contributed by atoms with van der Waals surface area (Å²) in [5, 5.41) is 10.00. The fourth-order valence-electron chi connectivity index (χ4n) is 1.27. The number of aromatic nitrogens is 2. The number of hydrogen-bond donors (Lipinski definition) is 3. The maximum atomic E-state index is 11.4. The van der Waals surface area contributed by atoms with Gasteiger partial charge >= 0.3 is 0 Å². The molecule has 3 N–H and O–H groups in total. The molecule has 1 saturated carbocycles. The van der Waals surface area contributed by atoms with Crippen LogP contribution in [0.25, 0.3) is 6.08 Å². The number of nitrogens with one attached hydrogen (secondary N) is 3. The van der Waals surface area contributed by atoms with E-state index in [1.165, 1.54) is 0 Å². The monoisotopic (exact) mass is 248 g/mol. The number of rotatable bonds is 4. The molecule has 5 nitrogen and oxygen atoms in total. The largest absolute Gasteiger partial charge is 0.325 e. The van der Waals surface area contributed by atoms with Gasteiger partial charge in [-0.3, -0.25) is 4.79 Å². The van der Waals surface area contributed by atoms with Crippen LogP contribution in [0.4, 0.5) is 5.82 Å². The van der Waals surface area contributed by atoms with E-state index in [0.717, 1.165) is 12.8 Å². The Morgan fingerprint density at radius 3 is 2.78 bits per heavy atom. The fourth-order valence-corrected chi connectivity index (χ4v) is 1.27. The lowest BCUT2D eigenvalue weighted by atomic mass is 10.4. The number of carbonyl (C=O) groups excluding carboxylic acids is 1. The van der Waals surface area contributed by atoms with E-state index in [1.54, 1.807) is 25.3 Å². The molecule has 0 bridgehead atoms. The number of hydrogen-bond acceptors (Lipinski definition) is 3. The Morgan fingerprint density at radius 1 is 1.56 bits per heavy atom. The minimum atomic E-state index is 0.0578. The van der Waals surface area contributed by atoms with Crippen LogP contribution in [0.3, 0.4) is 0 Å². The molecule has 0 aromatic carbocycles. The van der Waals surface area contributed by atoms with Crippen molar-refractivity contribution in [3.05, 3.63) is 18.1 Å². The van der Waals surface area contributed by atoms with Crippen molar-refractivity contribution >= 4 is 23.5 Å². The smallest absolute Gasteiger partial charge is 0.228 e. The Hall–Kier alpha value is -1.91. The number of carbonyl (C=O) groups is 1. The SMILES string of the molecule is CC.CC(=N)/C=C\c1ncc(NC(=O)C2CC2)[nH]1. The first-order valence-electron chi connectivity index (χ1n) is 6.24. The van der Waals surface area contributed by atoms with Crippen molar-refractivity contribution in [1.82, 2.24) is 9.97 Å². The summed E-state index contributed by atoms with van der Waals surface area (Å²) in [5.41, 5.74) is 0.458. The van der Waals surface area contributed by atoms with E-state index < -0.39 is 0 Å². The number of imidazole rings is 1. The van der Waals surface area contributed by atoms with Crippen LogP contribution in [0.2, 0.25) is 0 Å². The van der Waals surface area contributed by atoms with Crippen LogP contribution in [0.1, 0.15) is 39.4 Å². The van der Waals surface area contributed by atoms with Gasteiger partial charge in [-0.15, -0.1) is 0 Å². The second kappa shape index (κ2) is 6.74. The molecule has 2 rings (SSSR count). The first kappa shape index (κ1) is 14.2. The van der Waals surface area contributed by atoms with Gasteiger partial charge in [0.1, 0.15) is 11.6 Å². The third kappa shape index (κ3) is 4.53. The summed E-state index contributed by atoms with van der Waals surface area (Å²) in [6.45, 7) is 5.69. The summed E-state index contributed by atoms with van der Waals surface area (Å²) >= 11 is 0. The molecule has 0 radical (unpaired) electrons. The van der Waals surface area contributed by atoms with Crippen LogP contribution < -0.4 is 5.32 Å². The van der Waals surface area contributed by atoms with Crippen molar-refractivity contribution in [1.29, 1.82) is 5.41 Å². The van der Waals surface area contributed by atoms with Crippen molar-refractivity contribution < 1.29 is 4.79 Å². The number of anilines is 1. The molecule has 5 heteroatoms. The molecule has 1 amide bonds. The molecule has 1 heterocycles. The van der Waals surface area contributed by atoms with E-state index in [9.17, 15) is 4.79 Å². The van der Waals surface area contributed by atoms with Crippen LogP contribution in [0.5, 0.6) is 0 Å². The van der Waals surface area contributed by atoms with Gasteiger partial charge in [0, 0.05) is 11.6 Å². The van der Waals surface area contributed by atoms with Gasteiger partial charge in [0.15, 0.2) is 0 Å². The quantitative estimate of drug-likeness (QED) is 0.716. The first-order chi connectivity index (χ1) is 8.65.